The molecule has 0 bridgehead atoms. The molecule has 0 aromatic carbocycles. The van der Waals surface area contributed by atoms with E-state index in [1.807, 2.05) is 6.92 Å². The molecule has 1 atom stereocenters. The second-order valence-electron chi connectivity index (χ2n) is 8.56. The van der Waals surface area contributed by atoms with Gasteiger partial charge in [-0.15, -0.1) is 0 Å². The summed E-state index contributed by atoms with van der Waals surface area (Å²) in [6.45, 7) is 10.1. The lowest BCUT2D eigenvalue weighted by Gasteiger charge is -2.34. The lowest BCUT2D eigenvalue weighted by molar-refractivity contribution is -0.149. The van der Waals surface area contributed by atoms with Gasteiger partial charge in [0.25, 0.3) is 5.91 Å². The van der Waals surface area contributed by atoms with Gasteiger partial charge in [0.15, 0.2) is 5.69 Å². The zero-order valence-electron chi connectivity index (χ0n) is 16.3. The third-order valence-electron chi connectivity index (χ3n) is 5.87. The molecule has 0 unspecified atom stereocenters. The molecule has 1 aromatic rings. The summed E-state index contributed by atoms with van der Waals surface area (Å²) < 4.78 is 10.6. The molecule has 1 aromatic heterocycles. The average molecular weight is 362 g/mol. The Morgan fingerprint density at radius 1 is 1.23 bits per heavy atom. The van der Waals surface area contributed by atoms with Gasteiger partial charge in [-0.1, -0.05) is 25.9 Å². The minimum atomic E-state index is -0.147. The summed E-state index contributed by atoms with van der Waals surface area (Å²) in [5, 5.41) is 4.12. The van der Waals surface area contributed by atoms with E-state index < -0.39 is 0 Å². The van der Waals surface area contributed by atoms with Crippen LogP contribution >= 0.6 is 0 Å². The minimum Gasteiger partial charge on any atom is -0.466 e. The molecule has 144 valence electrons. The number of esters is 1. The number of aromatic nitrogens is 1. The topological polar surface area (TPSA) is 72.6 Å². The molecule has 1 fully saturated rings. The Bertz CT molecular complexity index is 666. The molecule has 1 amide bonds. The van der Waals surface area contributed by atoms with Crippen molar-refractivity contribution >= 4 is 11.9 Å². The van der Waals surface area contributed by atoms with Gasteiger partial charge in [-0.25, -0.2) is 0 Å². The Hall–Kier alpha value is -1.85. The van der Waals surface area contributed by atoms with Gasteiger partial charge in [-0.05, 0) is 43.9 Å². The predicted octanol–water partition coefficient (Wildman–Crippen LogP) is 3.24. The maximum Gasteiger partial charge on any atom is 0.309 e. The Labute approximate surface area is 155 Å². The van der Waals surface area contributed by atoms with Gasteiger partial charge in [-0.2, -0.15) is 0 Å². The highest BCUT2D eigenvalue weighted by atomic mass is 16.5. The van der Waals surface area contributed by atoms with Gasteiger partial charge in [0.05, 0.1) is 12.5 Å². The zero-order chi connectivity index (χ0) is 18.9. The van der Waals surface area contributed by atoms with Gasteiger partial charge in [0, 0.05) is 25.1 Å². The fourth-order valence-corrected chi connectivity index (χ4v) is 4.04. The first kappa shape index (κ1) is 18.9. The number of rotatable bonds is 3. The smallest absolute Gasteiger partial charge is 0.309 e. The van der Waals surface area contributed by atoms with Gasteiger partial charge in [0.2, 0.25) is 0 Å². The molecular formula is C20H30N2O4. The highest BCUT2D eigenvalue weighted by Crippen LogP contribution is 2.38. The maximum atomic E-state index is 13.0. The molecule has 0 radical (unpaired) electrons. The van der Waals surface area contributed by atoms with Crippen molar-refractivity contribution in [1.82, 2.24) is 10.1 Å². The second kappa shape index (κ2) is 7.41. The highest BCUT2D eigenvalue weighted by Gasteiger charge is 2.36. The van der Waals surface area contributed by atoms with E-state index in [1.54, 1.807) is 4.90 Å². The molecule has 1 aliphatic heterocycles. The summed E-state index contributed by atoms with van der Waals surface area (Å²) in [5.41, 5.74) is 1.67. The van der Waals surface area contributed by atoms with E-state index in [0.29, 0.717) is 44.1 Å². The molecule has 0 N–H and O–H groups in total. The lowest BCUT2D eigenvalue weighted by atomic mass is 9.71. The van der Waals surface area contributed by atoms with E-state index in [0.717, 1.165) is 30.6 Å². The number of fused-ring (bicyclic) bond motifs is 1. The molecule has 26 heavy (non-hydrogen) atoms. The number of carbonyl (C=O) groups is 2. The van der Waals surface area contributed by atoms with Crippen molar-refractivity contribution in [3.05, 3.63) is 17.0 Å². The Morgan fingerprint density at radius 3 is 2.54 bits per heavy atom. The monoisotopic (exact) mass is 362 g/mol. The van der Waals surface area contributed by atoms with Crippen molar-refractivity contribution in [3.8, 4) is 0 Å². The molecule has 6 nitrogen and oxygen atoms in total. The van der Waals surface area contributed by atoms with Crippen LogP contribution in [0.25, 0.3) is 0 Å². The van der Waals surface area contributed by atoms with Crippen LogP contribution in [-0.2, 0) is 22.4 Å². The van der Waals surface area contributed by atoms with E-state index in [1.165, 1.54) is 0 Å². The third-order valence-corrected chi connectivity index (χ3v) is 5.87. The highest BCUT2D eigenvalue weighted by molar-refractivity contribution is 5.94. The van der Waals surface area contributed by atoms with Crippen molar-refractivity contribution in [2.75, 3.05) is 19.7 Å². The fourth-order valence-electron chi connectivity index (χ4n) is 4.04. The summed E-state index contributed by atoms with van der Waals surface area (Å²) in [6.07, 6.45) is 4.07. The first-order valence-electron chi connectivity index (χ1n) is 9.74. The number of hydrogen-bond acceptors (Lipinski definition) is 5. The molecule has 1 saturated heterocycles. The first-order valence-corrected chi connectivity index (χ1v) is 9.74. The van der Waals surface area contributed by atoms with Crippen LogP contribution in [0.5, 0.6) is 0 Å². The van der Waals surface area contributed by atoms with Crippen LogP contribution in [0, 0.1) is 17.3 Å². The number of likely N-dealkylation sites (tertiary alicyclic amines) is 1. The number of piperidine rings is 1. The number of nitrogens with zero attached hydrogens (tertiary/aromatic N) is 2. The standard InChI is InChI=1S/C20H30N2O4/c1-5-25-19(24)13-8-10-22(11-9-13)18(23)17-15-12-14(20(2,3)4)6-7-16(15)26-21-17/h13-14H,5-12H2,1-4H3/t14-/m1/s1. The summed E-state index contributed by atoms with van der Waals surface area (Å²) in [7, 11) is 0. The quantitative estimate of drug-likeness (QED) is 0.772. The van der Waals surface area contributed by atoms with Crippen LogP contribution < -0.4 is 0 Å². The van der Waals surface area contributed by atoms with E-state index in [4.69, 9.17) is 9.26 Å². The van der Waals surface area contributed by atoms with Gasteiger partial charge < -0.3 is 14.2 Å². The molecule has 2 aliphatic rings. The van der Waals surface area contributed by atoms with Crippen LogP contribution in [-0.4, -0.2) is 41.6 Å². The number of ether oxygens (including phenoxy) is 1. The van der Waals surface area contributed by atoms with E-state index in [2.05, 4.69) is 25.9 Å². The molecular weight excluding hydrogens is 332 g/mol. The van der Waals surface area contributed by atoms with Crippen molar-refractivity contribution in [2.45, 2.75) is 59.8 Å². The maximum absolute atomic E-state index is 13.0. The summed E-state index contributed by atoms with van der Waals surface area (Å²) >= 11 is 0. The van der Waals surface area contributed by atoms with Crippen molar-refractivity contribution in [1.29, 1.82) is 0 Å². The molecule has 0 spiro atoms. The zero-order valence-corrected chi connectivity index (χ0v) is 16.3. The largest absolute Gasteiger partial charge is 0.466 e. The van der Waals surface area contributed by atoms with Crippen LogP contribution in [0.3, 0.4) is 0 Å². The van der Waals surface area contributed by atoms with Crippen molar-refractivity contribution < 1.29 is 18.8 Å². The number of carbonyl (C=O) groups excluding carboxylic acids is 2. The Kier molecular flexibility index (Phi) is 5.39. The lowest BCUT2D eigenvalue weighted by Crippen LogP contribution is -2.41. The number of aryl methyl sites for hydroxylation is 1. The minimum absolute atomic E-state index is 0.0631. The van der Waals surface area contributed by atoms with Crippen LogP contribution in [0.2, 0.25) is 0 Å². The Morgan fingerprint density at radius 2 is 1.92 bits per heavy atom. The van der Waals surface area contributed by atoms with E-state index in [-0.39, 0.29) is 23.2 Å². The van der Waals surface area contributed by atoms with E-state index >= 15 is 0 Å². The normalized spacial score (nSPS) is 21.4. The molecule has 2 heterocycles. The van der Waals surface area contributed by atoms with Crippen molar-refractivity contribution in [3.63, 3.8) is 0 Å². The summed E-state index contributed by atoms with van der Waals surface area (Å²) in [5.74, 6) is 1.08. The summed E-state index contributed by atoms with van der Waals surface area (Å²) in [4.78, 5) is 26.7. The van der Waals surface area contributed by atoms with Crippen molar-refractivity contribution in [2.24, 2.45) is 17.3 Å². The Balaban J connectivity index is 1.67. The SMILES string of the molecule is CCOC(=O)C1CCN(C(=O)c2noc3c2C[C@H](C(C)(C)C)CC3)CC1. The molecule has 0 saturated carbocycles. The summed E-state index contributed by atoms with van der Waals surface area (Å²) in [6, 6.07) is 0. The van der Waals surface area contributed by atoms with E-state index in [9.17, 15) is 9.59 Å². The van der Waals surface area contributed by atoms with Crippen LogP contribution in [0.1, 0.15) is 68.8 Å². The second-order valence-corrected chi connectivity index (χ2v) is 8.56. The van der Waals surface area contributed by atoms with Crippen LogP contribution in [0.4, 0.5) is 0 Å². The van der Waals surface area contributed by atoms with Crippen LogP contribution in [0.15, 0.2) is 4.52 Å². The molecule has 3 rings (SSSR count). The molecule has 6 heteroatoms. The number of hydrogen-bond donors (Lipinski definition) is 0. The van der Waals surface area contributed by atoms with Gasteiger partial charge in [-0.3, -0.25) is 9.59 Å². The first-order chi connectivity index (χ1) is 12.3. The average Bonchev–Trinajstić information content (AvgIpc) is 3.04. The molecule has 1 aliphatic carbocycles. The number of amides is 1. The third kappa shape index (κ3) is 3.79. The predicted molar refractivity (Wildman–Crippen MR) is 96.7 cm³/mol. The van der Waals surface area contributed by atoms with Gasteiger partial charge in [0.1, 0.15) is 5.76 Å². The fraction of sp³-hybridized carbons (Fsp3) is 0.750. The van der Waals surface area contributed by atoms with Gasteiger partial charge >= 0.3 is 5.97 Å².